The Bertz CT molecular complexity index is 405. The first-order valence-electron chi connectivity index (χ1n) is 4.29. The van der Waals surface area contributed by atoms with Gasteiger partial charge in [0, 0.05) is 11.8 Å². The summed E-state index contributed by atoms with van der Waals surface area (Å²) in [7, 11) is 1.63. The van der Waals surface area contributed by atoms with Crippen LogP contribution in [0, 0.1) is 6.42 Å². The Morgan fingerprint density at radius 2 is 2.14 bits per heavy atom. The molecule has 0 amide bonds. The monoisotopic (exact) mass is 187 g/mol. The zero-order valence-corrected chi connectivity index (χ0v) is 8.04. The molecule has 0 radical (unpaired) electrons. The van der Waals surface area contributed by atoms with E-state index in [-0.39, 0.29) is 0 Å². The molecule has 0 bridgehead atoms. The van der Waals surface area contributed by atoms with Crippen LogP contribution in [0.1, 0.15) is 5.56 Å². The van der Waals surface area contributed by atoms with E-state index in [9.17, 15) is 0 Å². The molecule has 1 heterocycles. The lowest BCUT2D eigenvalue weighted by atomic mass is 10.00. The first kappa shape index (κ1) is 8.75. The van der Waals surface area contributed by atoms with Gasteiger partial charge in [0.15, 0.2) is 0 Å². The summed E-state index contributed by atoms with van der Waals surface area (Å²) >= 11 is 0. The second-order valence-corrected chi connectivity index (χ2v) is 3.10. The molecular formula is C12H11O2-. The second-order valence-electron chi connectivity index (χ2n) is 3.10. The third-order valence-corrected chi connectivity index (χ3v) is 2.11. The van der Waals surface area contributed by atoms with Gasteiger partial charge in [-0.25, -0.2) is 0 Å². The van der Waals surface area contributed by atoms with Gasteiger partial charge in [0.1, 0.15) is 5.75 Å². The lowest BCUT2D eigenvalue weighted by Gasteiger charge is -2.27. The summed E-state index contributed by atoms with van der Waals surface area (Å²) in [5, 5.41) is 0. The minimum Gasteiger partial charge on any atom is -0.497 e. The van der Waals surface area contributed by atoms with Crippen molar-refractivity contribution < 1.29 is 9.47 Å². The van der Waals surface area contributed by atoms with Gasteiger partial charge in [0.2, 0.25) is 0 Å². The summed E-state index contributed by atoms with van der Waals surface area (Å²) in [5.74, 6) is 2.13. The number of benzene rings is 1. The van der Waals surface area contributed by atoms with Gasteiger partial charge in [-0.1, -0.05) is 11.6 Å². The van der Waals surface area contributed by atoms with Crippen LogP contribution in [0.5, 0.6) is 11.5 Å². The van der Waals surface area contributed by atoms with Crippen LogP contribution in [0.25, 0.3) is 5.57 Å². The molecule has 1 aromatic carbocycles. The summed E-state index contributed by atoms with van der Waals surface area (Å²) in [6.07, 6.45) is 1.81. The molecule has 1 aliphatic heterocycles. The largest absolute Gasteiger partial charge is 0.497 e. The van der Waals surface area contributed by atoms with E-state index < -0.39 is 0 Å². The Labute approximate surface area is 83.5 Å². The van der Waals surface area contributed by atoms with Gasteiger partial charge in [-0.15, -0.1) is 18.6 Å². The molecule has 1 aromatic rings. The molecule has 2 nitrogen and oxygen atoms in total. The van der Waals surface area contributed by atoms with Crippen molar-refractivity contribution in [2.75, 3.05) is 7.11 Å². The summed E-state index contributed by atoms with van der Waals surface area (Å²) < 4.78 is 10.6. The van der Waals surface area contributed by atoms with Crippen molar-refractivity contribution in [1.82, 2.24) is 0 Å². The highest BCUT2D eigenvalue weighted by atomic mass is 16.5. The van der Waals surface area contributed by atoms with E-state index in [4.69, 9.17) is 9.47 Å². The highest BCUT2D eigenvalue weighted by Gasteiger charge is 2.10. The standard InChI is InChI=1S/C12H11O2/c1-8-6-9(2)14-12-7-10(13-3)4-5-11(8)12/h4-7H,1-2H2,3H3/q-1. The van der Waals surface area contributed by atoms with E-state index >= 15 is 0 Å². The van der Waals surface area contributed by atoms with Gasteiger partial charge < -0.3 is 9.47 Å². The van der Waals surface area contributed by atoms with E-state index in [0.29, 0.717) is 5.76 Å². The van der Waals surface area contributed by atoms with Crippen molar-refractivity contribution in [2.45, 2.75) is 0 Å². The van der Waals surface area contributed by atoms with Gasteiger partial charge >= 0.3 is 0 Å². The average Bonchev–Trinajstić information content (AvgIpc) is 2.16. The van der Waals surface area contributed by atoms with Crippen molar-refractivity contribution in [3.63, 3.8) is 0 Å². The SMILES string of the molecule is C=C1[CH-]C(=C)c2ccc(OC)cc2O1. The molecule has 0 spiro atoms. The highest BCUT2D eigenvalue weighted by Crippen LogP contribution is 2.37. The molecule has 0 atom stereocenters. The minimum absolute atomic E-state index is 0.607. The molecule has 0 unspecified atom stereocenters. The number of methoxy groups -OCH3 is 1. The number of rotatable bonds is 1. The lowest BCUT2D eigenvalue weighted by molar-refractivity contribution is 0.401. The number of allylic oxidation sites excluding steroid dienone is 1. The zero-order chi connectivity index (χ0) is 10.1. The maximum atomic E-state index is 5.45. The summed E-state index contributed by atoms with van der Waals surface area (Å²) in [4.78, 5) is 0. The number of fused-ring (bicyclic) bond motifs is 1. The summed E-state index contributed by atoms with van der Waals surface area (Å²) in [6.45, 7) is 7.66. The maximum Gasteiger partial charge on any atom is 0.120 e. The minimum atomic E-state index is 0.607. The predicted octanol–water partition coefficient (Wildman–Crippen LogP) is 2.82. The van der Waals surface area contributed by atoms with Crippen LogP contribution >= 0.6 is 0 Å². The quantitative estimate of drug-likeness (QED) is 0.629. The van der Waals surface area contributed by atoms with Crippen LogP contribution < -0.4 is 9.47 Å². The molecule has 0 fully saturated rings. The van der Waals surface area contributed by atoms with E-state index in [1.165, 1.54) is 0 Å². The molecule has 0 saturated carbocycles. The van der Waals surface area contributed by atoms with Crippen LogP contribution in [0.15, 0.2) is 37.1 Å². The van der Waals surface area contributed by atoms with E-state index in [0.717, 1.165) is 22.6 Å². The van der Waals surface area contributed by atoms with Crippen LogP contribution in [0.2, 0.25) is 0 Å². The van der Waals surface area contributed by atoms with Crippen molar-refractivity contribution in [1.29, 1.82) is 0 Å². The van der Waals surface area contributed by atoms with Crippen LogP contribution in [-0.4, -0.2) is 7.11 Å². The van der Waals surface area contributed by atoms with Gasteiger partial charge in [-0.3, -0.25) is 0 Å². The maximum absolute atomic E-state index is 5.45. The molecule has 2 rings (SSSR count). The Morgan fingerprint density at radius 1 is 1.36 bits per heavy atom. The molecule has 0 N–H and O–H groups in total. The Hall–Kier alpha value is -1.83. The Morgan fingerprint density at radius 3 is 2.86 bits per heavy atom. The summed E-state index contributed by atoms with van der Waals surface area (Å²) in [6, 6.07) is 5.65. The van der Waals surface area contributed by atoms with Crippen LogP contribution in [-0.2, 0) is 0 Å². The molecule has 0 aliphatic carbocycles. The second kappa shape index (κ2) is 3.14. The first-order chi connectivity index (χ1) is 6.70. The smallest absolute Gasteiger partial charge is 0.120 e. The van der Waals surface area contributed by atoms with Crippen molar-refractivity contribution in [3.8, 4) is 11.5 Å². The van der Waals surface area contributed by atoms with Crippen LogP contribution in [0.3, 0.4) is 0 Å². The molecular weight excluding hydrogens is 176 g/mol. The molecule has 0 saturated heterocycles. The van der Waals surface area contributed by atoms with Gasteiger partial charge in [-0.05, 0) is 6.07 Å². The van der Waals surface area contributed by atoms with Crippen molar-refractivity contribution in [3.05, 3.63) is 49.1 Å². The van der Waals surface area contributed by atoms with Gasteiger partial charge in [0.05, 0.1) is 12.9 Å². The van der Waals surface area contributed by atoms with Gasteiger partial charge in [-0.2, -0.15) is 6.58 Å². The highest BCUT2D eigenvalue weighted by molar-refractivity contribution is 5.79. The normalized spacial score (nSPS) is 14.1. The van der Waals surface area contributed by atoms with E-state index in [2.05, 4.69) is 13.2 Å². The van der Waals surface area contributed by atoms with Gasteiger partial charge in [0.25, 0.3) is 0 Å². The fraction of sp³-hybridized carbons (Fsp3) is 0.0833. The fourth-order valence-corrected chi connectivity index (χ4v) is 1.42. The molecule has 2 heteroatoms. The number of hydrogen-bond donors (Lipinski definition) is 0. The number of hydrogen-bond acceptors (Lipinski definition) is 2. The zero-order valence-electron chi connectivity index (χ0n) is 8.04. The average molecular weight is 187 g/mol. The van der Waals surface area contributed by atoms with Crippen LogP contribution in [0.4, 0.5) is 0 Å². The molecule has 14 heavy (non-hydrogen) atoms. The topological polar surface area (TPSA) is 18.5 Å². The lowest BCUT2D eigenvalue weighted by Crippen LogP contribution is -2.05. The third kappa shape index (κ3) is 1.35. The Kier molecular flexibility index (Phi) is 1.97. The molecule has 72 valence electrons. The summed E-state index contributed by atoms with van der Waals surface area (Å²) in [5.41, 5.74) is 1.90. The fourth-order valence-electron chi connectivity index (χ4n) is 1.42. The first-order valence-corrected chi connectivity index (χ1v) is 4.29. The van der Waals surface area contributed by atoms with Crippen molar-refractivity contribution in [2.24, 2.45) is 0 Å². The van der Waals surface area contributed by atoms with Crippen molar-refractivity contribution >= 4 is 5.57 Å². The Balaban J connectivity index is 2.49. The third-order valence-electron chi connectivity index (χ3n) is 2.11. The number of ether oxygens (including phenoxy) is 2. The van der Waals surface area contributed by atoms with E-state index in [1.807, 2.05) is 24.6 Å². The predicted molar refractivity (Wildman–Crippen MR) is 56.1 cm³/mol. The molecule has 1 aliphatic rings. The van der Waals surface area contributed by atoms with E-state index in [1.54, 1.807) is 7.11 Å². The molecule has 0 aromatic heterocycles.